The Morgan fingerprint density at radius 3 is 2.86 bits per heavy atom. The second-order valence-electron chi connectivity index (χ2n) is 2.98. The molecule has 2 rings (SSSR count). The van der Waals surface area contributed by atoms with Crippen LogP contribution >= 0.6 is 0 Å². The quantitative estimate of drug-likeness (QED) is 0.613. The molecular weight excluding hydrogens is 186 g/mol. The summed E-state index contributed by atoms with van der Waals surface area (Å²) in [4.78, 5) is 0. The van der Waals surface area contributed by atoms with Crippen LogP contribution in [0.1, 0.15) is 11.6 Å². The maximum Gasteiger partial charge on any atom is 0.231 e. The molecule has 0 amide bonds. The zero-order valence-electron chi connectivity index (χ0n) is 7.43. The van der Waals surface area contributed by atoms with Gasteiger partial charge in [-0.2, -0.15) is 5.48 Å². The Hall–Kier alpha value is -1.30. The number of hydroxylamine groups is 1. The molecule has 1 heterocycles. The highest BCUT2D eigenvalue weighted by Gasteiger charge is 2.16. The molecule has 1 aromatic carbocycles. The fraction of sp³-hybridized carbons (Fsp3) is 0.333. The van der Waals surface area contributed by atoms with Gasteiger partial charge in [-0.25, -0.2) is 0 Å². The Balaban J connectivity index is 2.27. The van der Waals surface area contributed by atoms with Gasteiger partial charge in [-0.05, 0) is 17.7 Å². The van der Waals surface area contributed by atoms with E-state index in [1.807, 2.05) is 5.48 Å². The molecule has 1 atom stereocenters. The summed E-state index contributed by atoms with van der Waals surface area (Å²) in [5, 5.41) is 17.7. The zero-order chi connectivity index (χ0) is 9.97. The molecule has 1 aliphatic heterocycles. The van der Waals surface area contributed by atoms with Gasteiger partial charge in [0, 0.05) is 0 Å². The Kier molecular flexibility index (Phi) is 2.53. The van der Waals surface area contributed by atoms with Gasteiger partial charge in [-0.3, -0.25) is 0 Å². The van der Waals surface area contributed by atoms with Crippen molar-refractivity contribution in [2.75, 3.05) is 13.4 Å². The maximum atomic E-state index is 8.93. The van der Waals surface area contributed by atoms with Gasteiger partial charge >= 0.3 is 0 Å². The lowest BCUT2D eigenvalue weighted by molar-refractivity contribution is 0.0905. The van der Waals surface area contributed by atoms with E-state index in [1.165, 1.54) is 0 Å². The van der Waals surface area contributed by atoms with Crippen molar-refractivity contribution in [2.45, 2.75) is 6.04 Å². The van der Waals surface area contributed by atoms with Gasteiger partial charge in [0.15, 0.2) is 11.5 Å². The highest BCUT2D eigenvalue weighted by atomic mass is 16.7. The van der Waals surface area contributed by atoms with Crippen LogP contribution in [-0.2, 0) is 0 Å². The molecule has 5 heteroatoms. The minimum Gasteiger partial charge on any atom is -0.454 e. The van der Waals surface area contributed by atoms with Crippen molar-refractivity contribution in [1.29, 1.82) is 0 Å². The van der Waals surface area contributed by atoms with Crippen molar-refractivity contribution in [3.05, 3.63) is 23.8 Å². The van der Waals surface area contributed by atoms with Gasteiger partial charge in [-0.15, -0.1) is 0 Å². The standard InChI is InChI=1S/C9H11NO4/c11-4-7(10-12)6-1-2-8-9(3-6)14-5-13-8/h1-3,7,10-12H,4-5H2/t7-/m0/s1. The first-order valence-corrected chi connectivity index (χ1v) is 4.25. The lowest BCUT2D eigenvalue weighted by atomic mass is 10.1. The first-order valence-electron chi connectivity index (χ1n) is 4.25. The van der Waals surface area contributed by atoms with Crippen LogP contribution in [-0.4, -0.2) is 23.7 Å². The molecule has 0 aromatic heterocycles. The highest BCUT2D eigenvalue weighted by Crippen LogP contribution is 2.33. The number of aliphatic hydroxyl groups excluding tert-OH is 1. The first-order chi connectivity index (χ1) is 6.85. The number of nitrogens with one attached hydrogen (secondary N) is 1. The molecule has 0 fully saturated rings. The molecule has 0 bridgehead atoms. The number of hydrogen-bond donors (Lipinski definition) is 3. The molecule has 0 aliphatic carbocycles. The Labute approximate surface area is 80.8 Å². The normalized spacial score (nSPS) is 15.6. The van der Waals surface area contributed by atoms with Crippen LogP contribution in [0.5, 0.6) is 11.5 Å². The molecule has 0 spiro atoms. The third-order valence-corrected chi connectivity index (χ3v) is 2.14. The summed E-state index contributed by atoms with van der Waals surface area (Å²) in [7, 11) is 0. The van der Waals surface area contributed by atoms with Crippen LogP contribution in [0.4, 0.5) is 0 Å². The monoisotopic (exact) mass is 197 g/mol. The van der Waals surface area contributed by atoms with E-state index in [-0.39, 0.29) is 13.4 Å². The van der Waals surface area contributed by atoms with Gasteiger partial charge in [0.2, 0.25) is 6.79 Å². The molecule has 3 N–H and O–H groups in total. The van der Waals surface area contributed by atoms with Crippen molar-refractivity contribution in [3.63, 3.8) is 0 Å². The Morgan fingerprint density at radius 1 is 1.36 bits per heavy atom. The van der Waals surface area contributed by atoms with Crippen LogP contribution in [0.15, 0.2) is 18.2 Å². The minimum absolute atomic E-state index is 0.184. The third kappa shape index (κ3) is 1.52. The number of hydrogen-bond acceptors (Lipinski definition) is 5. The Morgan fingerprint density at radius 2 is 2.14 bits per heavy atom. The lowest BCUT2D eigenvalue weighted by Crippen LogP contribution is -2.20. The molecule has 0 unspecified atom stereocenters. The van der Waals surface area contributed by atoms with Crippen LogP contribution in [0, 0.1) is 0 Å². The molecule has 0 radical (unpaired) electrons. The fourth-order valence-electron chi connectivity index (χ4n) is 1.35. The molecule has 5 nitrogen and oxygen atoms in total. The minimum atomic E-state index is -0.496. The van der Waals surface area contributed by atoms with Crippen LogP contribution in [0.25, 0.3) is 0 Å². The van der Waals surface area contributed by atoms with E-state index >= 15 is 0 Å². The van der Waals surface area contributed by atoms with Crippen molar-refractivity contribution in [3.8, 4) is 11.5 Å². The average molecular weight is 197 g/mol. The number of fused-ring (bicyclic) bond motifs is 1. The zero-order valence-corrected chi connectivity index (χ0v) is 7.43. The predicted octanol–water partition coefficient (Wildman–Crippen LogP) is 0.428. The van der Waals surface area contributed by atoms with Crippen molar-refractivity contribution < 1.29 is 19.8 Å². The topological polar surface area (TPSA) is 71.0 Å². The van der Waals surface area contributed by atoms with E-state index in [9.17, 15) is 0 Å². The summed E-state index contributed by atoms with van der Waals surface area (Å²) in [5.41, 5.74) is 2.76. The summed E-state index contributed by atoms with van der Waals surface area (Å²) in [6.45, 7) is 0.0330. The van der Waals surface area contributed by atoms with Crippen molar-refractivity contribution in [2.24, 2.45) is 0 Å². The van der Waals surface area contributed by atoms with Gasteiger partial charge in [0.1, 0.15) is 0 Å². The van der Waals surface area contributed by atoms with E-state index in [2.05, 4.69) is 0 Å². The number of aliphatic hydroxyl groups is 1. The second kappa shape index (κ2) is 3.83. The second-order valence-corrected chi connectivity index (χ2v) is 2.98. The highest BCUT2D eigenvalue weighted by molar-refractivity contribution is 5.45. The summed E-state index contributed by atoms with van der Waals surface area (Å²) >= 11 is 0. The molecule has 1 aromatic rings. The number of ether oxygens (including phenoxy) is 2. The van der Waals surface area contributed by atoms with E-state index in [0.29, 0.717) is 11.5 Å². The van der Waals surface area contributed by atoms with Crippen LogP contribution in [0.2, 0.25) is 0 Å². The summed E-state index contributed by atoms with van der Waals surface area (Å²) in [6.07, 6.45) is 0. The molecule has 0 saturated carbocycles. The summed E-state index contributed by atoms with van der Waals surface area (Å²) in [6, 6.07) is 4.74. The van der Waals surface area contributed by atoms with Gasteiger partial charge in [-0.1, -0.05) is 6.07 Å². The van der Waals surface area contributed by atoms with Gasteiger partial charge < -0.3 is 19.8 Å². The molecule has 0 saturated heterocycles. The Bertz CT molecular complexity index is 325. The van der Waals surface area contributed by atoms with E-state index < -0.39 is 6.04 Å². The predicted molar refractivity (Wildman–Crippen MR) is 47.3 cm³/mol. The van der Waals surface area contributed by atoms with Gasteiger partial charge in [0.25, 0.3) is 0 Å². The summed E-state index contributed by atoms with van der Waals surface area (Å²) in [5.74, 6) is 1.32. The maximum absolute atomic E-state index is 8.93. The van der Waals surface area contributed by atoms with Crippen molar-refractivity contribution in [1.82, 2.24) is 5.48 Å². The molecular formula is C9H11NO4. The first kappa shape index (κ1) is 9.26. The van der Waals surface area contributed by atoms with E-state index in [0.717, 1.165) is 5.56 Å². The molecule has 76 valence electrons. The largest absolute Gasteiger partial charge is 0.454 e. The number of rotatable bonds is 3. The molecule has 1 aliphatic rings. The van der Waals surface area contributed by atoms with E-state index in [4.69, 9.17) is 19.8 Å². The fourth-order valence-corrected chi connectivity index (χ4v) is 1.35. The third-order valence-electron chi connectivity index (χ3n) is 2.14. The SMILES string of the molecule is OC[C@H](NO)c1ccc2c(c1)OCO2. The lowest BCUT2D eigenvalue weighted by Gasteiger charge is -2.12. The van der Waals surface area contributed by atoms with Gasteiger partial charge in [0.05, 0.1) is 12.6 Å². The van der Waals surface area contributed by atoms with E-state index in [1.54, 1.807) is 18.2 Å². The van der Waals surface area contributed by atoms with Crippen LogP contribution in [0.3, 0.4) is 0 Å². The van der Waals surface area contributed by atoms with Crippen LogP contribution < -0.4 is 15.0 Å². The van der Waals surface area contributed by atoms with Crippen molar-refractivity contribution >= 4 is 0 Å². The summed E-state index contributed by atoms with van der Waals surface area (Å²) < 4.78 is 10.3. The average Bonchev–Trinajstić information content (AvgIpc) is 2.66. The number of benzene rings is 1. The smallest absolute Gasteiger partial charge is 0.231 e. The molecule has 14 heavy (non-hydrogen) atoms.